The van der Waals surface area contributed by atoms with Crippen LogP contribution >= 0.6 is 0 Å². The zero-order valence-corrected chi connectivity index (χ0v) is 11.5. The maximum Gasteiger partial charge on any atom is 0.306 e. The lowest BCUT2D eigenvalue weighted by Crippen LogP contribution is -2.73. The number of carboxylic acids is 1. The standard InChI is InChI=1S/C12H18O9/c1-5(13)12(20,6(2)14)10-11(19,3-8(16)17)9(18)7(15)4-21-10/h7,9-10,15,18-20H,3-4H2,1-2H3,(H,16,17)/t7-,9+,10-,11-/m0/s1. The Morgan fingerprint density at radius 2 is 1.71 bits per heavy atom. The number of hydrogen-bond acceptors (Lipinski definition) is 8. The van der Waals surface area contributed by atoms with E-state index in [1.54, 1.807) is 0 Å². The Balaban J connectivity index is 3.39. The molecule has 0 unspecified atom stereocenters. The van der Waals surface area contributed by atoms with Crippen molar-refractivity contribution in [1.82, 2.24) is 0 Å². The molecule has 1 rings (SSSR count). The molecular weight excluding hydrogens is 288 g/mol. The highest BCUT2D eigenvalue weighted by Gasteiger charge is 2.63. The molecule has 5 N–H and O–H groups in total. The smallest absolute Gasteiger partial charge is 0.306 e. The summed E-state index contributed by atoms with van der Waals surface area (Å²) in [6.45, 7) is 1.14. The highest BCUT2D eigenvalue weighted by Crippen LogP contribution is 2.36. The van der Waals surface area contributed by atoms with Crippen molar-refractivity contribution in [2.75, 3.05) is 6.61 Å². The lowest BCUT2D eigenvalue weighted by atomic mass is 9.72. The van der Waals surface area contributed by atoms with Crippen molar-refractivity contribution in [3.8, 4) is 0 Å². The Hall–Kier alpha value is -1.39. The quantitative estimate of drug-likeness (QED) is 0.338. The molecule has 1 saturated heterocycles. The molecule has 9 nitrogen and oxygen atoms in total. The van der Waals surface area contributed by atoms with E-state index in [1.807, 2.05) is 0 Å². The van der Waals surface area contributed by atoms with E-state index in [1.165, 1.54) is 0 Å². The minimum Gasteiger partial charge on any atom is -0.481 e. The fourth-order valence-corrected chi connectivity index (χ4v) is 2.46. The van der Waals surface area contributed by atoms with Crippen LogP contribution in [-0.2, 0) is 19.1 Å². The van der Waals surface area contributed by atoms with E-state index in [0.29, 0.717) is 0 Å². The van der Waals surface area contributed by atoms with Gasteiger partial charge in [0.1, 0.15) is 23.9 Å². The van der Waals surface area contributed by atoms with E-state index < -0.39 is 60.1 Å². The summed E-state index contributed by atoms with van der Waals surface area (Å²) in [6.07, 6.45) is -6.81. The van der Waals surface area contributed by atoms with Crippen molar-refractivity contribution in [1.29, 1.82) is 0 Å². The minimum atomic E-state index is -2.83. The van der Waals surface area contributed by atoms with Crippen LogP contribution in [0, 0.1) is 0 Å². The van der Waals surface area contributed by atoms with Crippen molar-refractivity contribution in [2.24, 2.45) is 0 Å². The molecular formula is C12H18O9. The first kappa shape index (κ1) is 17.7. The van der Waals surface area contributed by atoms with Gasteiger partial charge in [0.2, 0.25) is 5.60 Å². The third kappa shape index (κ3) is 2.83. The van der Waals surface area contributed by atoms with Crippen molar-refractivity contribution >= 4 is 17.5 Å². The highest BCUT2D eigenvalue weighted by molar-refractivity contribution is 6.09. The summed E-state index contributed by atoms with van der Waals surface area (Å²) in [5, 5.41) is 48.9. The molecule has 21 heavy (non-hydrogen) atoms. The van der Waals surface area contributed by atoms with Crippen molar-refractivity contribution in [3.05, 3.63) is 0 Å². The average Bonchev–Trinajstić information content (AvgIpc) is 2.34. The van der Waals surface area contributed by atoms with Crippen LogP contribution in [0.25, 0.3) is 0 Å². The number of aliphatic carboxylic acids is 1. The molecule has 0 aromatic heterocycles. The molecule has 0 aromatic rings. The third-order valence-electron chi connectivity index (χ3n) is 3.65. The van der Waals surface area contributed by atoms with Gasteiger partial charge in [-0.2, -0.15) is 0 Å². The van der Waals surface area contributed by atoms with E-state index in [9.17, 15) is 34.8 Å². The van der Waals surface area contributed by atoms with E-state index in [0.717, 1.165) is 13.8 Å². The summed E-state index contributed by atoms with van der Waals surface area (Å²) in [6, 6.07) is 0. The maximum absolute atomic E-state index is 11.6. The molecule has 0 bridgehead atoms. The largest absolute Gasteiger partial charge is 0.481 e. The molecule has 0 saturated carbocycles. The monoisotopic (exact) mass is 306 g/mol. The number of hydrogen-bond donors (Lipinski definition) is 5. The van der Waals surface area contributed by atoms with Crippen LogP contribution in [0.1, 0.15) is 20.3 Å². The van der Waals surface area contributed by atoms with Gasteiger partial charge in [-0.1, -0.05) is 0 Å². The van der Waals surface area contributed by atoms with E-state index in [2.05, 4.69) is 0 Å². The molecule has 1 heterocycles. The van der Waals surface area contributed by atoms with Gasteiger partial charge in [-0.3, -0.25) is 14.4 Å². The number of Topliss-reactive ketones (excluding diaryl/α,β-unsaturated/α-hetero) is 2. The zero-order chi connectivity index (χ0) is 16.6. The Morgan fingerprint density at radius 1 is 1.24 bits per heavy atom. The number of ether oxygens (including phenoxy) is 1. The maximum atomic E-state index is 11.6. The van der Waals surface area contributed by atoms with Gasteiger partial charge in [0.25, 0.3) is 0 Å². The molecule has 9 heteroatoms. The first-order valence-corrected chi connectivity index (χ1v) is 6.14. The lowest BCUT2D eigenvalue weighted by Gasteiger charge is -2.48. The predicted molar refractivity (Wildman–Crippen MR) is 65.3 cm³/mol. The highest BCUT2D eigenvalue weighted by atomic mass is 16.5. The van der Waals surface area contributed by atoms with Gasteiger partial charge in [-0.05, 0) is 13.8 Å². The molecule has 0 spiro atoms. The van der Waals surface area contributed by atoms with E-state index in [4.69, 9.17) is 9.84 Å². The molecule has 0 aliphatic carbocycles. The summed E-state index contributed by atoms with van der Waals surface area (Å²) < 4.78 is 4.95. The topological polar surface area (TPSA) is 162 Å². The first-order chi connectivity index (χ1) is 9.47. The van der Waals surface area contributed by atoms with Crippen LogP contribution in [0.3, 0.4) is 0 Å². The van der Waals surface area contributed by atoms with Gasteiger partial charge in [-0.25, -0.2) is 0 Å². The van der Waals surface area contributed by atoms with Crippen LogP contribution in [0.5, 0.6) is 0 Å². The van der Waals surface area contributed by atoms with E-state index >= 15 is 0 Å². The van der Waals surface area contributed by atoms with Crippen LogP contribution in [0.2, 0.25) is 0 Å². The summed E-state index contributed by atoms with van der Waals surface area (Å²) >= 11 is 0. The van der Waals surface area contributed by atoms with Gasteiger partial charge in [0.05, 0.1) is 13.0 Å². The Labute approximate surface area is 119 Å². The summed E-state index contributed by atoms with van der Waals surface area (Å²) in [5.74, 6) is -3.73. The summed E-state index contributed by atoms with van der Waals surface area (Å²) in [4.78, 5) is 34.1. The van der Waals surface area contributed by atoms with Crippen molar-refractivity contribution in [3.63, 3.8) is 0 Å². The van der Waals surface area contributed by atoms with Gasteiger partial charge >= 0.3 is 5.97 Å². The van der Waals surface area contributed by atoms with Crippen LogP contribution in [-0.4, -0.2) is 79.2 Å². The molecule has 4 atom stereocenters. The molecule has 120 valence electrons. The molecule has 1 fully saturated rings. The number of rotatable bonds is 5. The Bertz CT molecular complexity index is 446. The Kier molecular flexibility index (Phi) is 4.86. The summed E-state index contributed by atoms with van der Waals surface area (Å²) in [5.41, 5.74) is -5.54. The molecule has 0 radical (unpaired) electrons. The summed E-state index contributed by atoms with van der Waals surface area (Å²) in [7, 11) is 0. The number of carbonyl (C=O) groups excluding carboxylic acids is 2. The fourth-order valence-electron chi connectivity index (χ4n) is 2.46. The minimum absolute atomic E-state index is 0.587. The SMILES string of the molecule is CC(=O)C(O)(C(C)=O)[C@H]1OC[C@H](O)[C@@H](O)[C@@]1(O)CC(=O)O. The van der Waals surface area contributed by atoms with Gasteiger partial charge in [0.15, 0.2) is 11.6 Å². The predicted octanol–water partition coefficient (Wildman–Crippen LogP) is -2.78. The second-order valence-electron chi connectivity index (χ2n) is 5.17. The molecule has 1 aliphatic rings. The van der Waals surface area contributed by atoms with Crippen molar-refractivity contribution in [2.45, 2.75) is 49.8 Å². The van der Waals surface area contributed by atoms with Crippen LogP contribution in [0.15, 0.2) is 0 Å². The van der Waals surface area contributed by atoms with Crippen molar-refractivity contribution < 1.29 is 44.7 Å². The normalized spacial score (nSPS) is 33.5. The number of aliphatic hydroxyl groups excluding tert-OH is 2. The average molecular weight is 306 g/mol. The van der Waals surface area contributed by atoms with Crippen LogP contribution in [0.4, 0.5) is 0 Å². The second-order valence-corrected chi connectivity index (χ2v) is 5.17. The molecule has 1 aliphatic heterocycles. The fraction of sp³-hybridized carbons (Fsp3) is 0.750. The lowest BCUT2D eigenvalue weighted by molar-refractivity contribution is -0.275. The second kappa shape index (κ2) is 5.78. The Morgan fingerprint density at radius 3 is 2.10 bits per heavy atom. The zero-order valence-electron chi connectivity index (χ0n) is 11.5. The number of aliphatic hydroxyl groups is 4. The third-order valence-corrected chi connectivity index (χ3v) is 3.65. The van der Waals surface area contributed by atoms with Gasteiger partial charge in [-0.15, -0.1) is 0 Å². The van der Waals surface area contributed by atoms with Crippen LogP contribution < -0.4 is 0 Å². The first-order valence-electron chi connectivity index (χ1n) is 6.14. The number of ketones is 2. The molecule has 0 aromatic carbocycles. The molecule has 0 amide bonds. The van der Waals surface area contributed by atoms with E-state index in [-0.39, 0.29) is 0 Å². The van der Waals surface area contributed by atoms with Gasteiger partial charge < -0.3 is 30.3 Å². The number of carbonyl (C=O) groups is 3. The number of carboxylic acid groups (broad SMARTS) is 1. The van der Waals surface area contributed by atoms with Gasteiger partial charge in [0, 0.05) is 0 Å².